The highest BCUT2D eigenvalue weighted by molar-refractivity contribution is 7.09. The van der Waals surface area contributed by atoms with Crippen molar-refractivity contribution in [1.82, 2.24) is 10.2 Å². The average molecular weight is 302 g/mol. The molecule has 1 aromatic carbocycles. The lowest BCUT2D eigenvalue weighted by atomic mass is 10.1. The predicted molar refractivity (Wildman–Crippen MR) is 92.5 cm³/mol. The molecule has 2 nitrogen and oxygen atoms in total. The first-order chi connectivity index (χ1) is 10.1. The summed E-state index contributed by atoms with van der Waals surface area (Å²) in [7, 11) is 2.18. The van der Waals surface area contributed by atoms with E-state index in [4.69, 9.17) is 0 Å². The van der Waals surface area contributed by atoms with E-state index in [2.05, 4.69) is 72.9 Å². The maximum absolute atomic E-state index is 3.51. The Morgan fingerprint density at radius 1 is 1.10 bits per heavy atom. The molecule has 0 unspecified atom stereocenters. The molecule has 114 valence electrons. The van der Waals surface area contributed by atoms with Gasteiger partial charge in [-0.1, -0.05) is 44.2 Å². The third kappa shape index (κ3) is 6.00. The lowest BCUT2D eigenvalue weighted by Crippen LogP contribution is -2.19. The van der Waals surface area contributed by atoms with E-state index in [9.17, 15) is 0 Å². The molecule has 0 fully saturated rings. The zero-order valence-electron chi connectivity index (χ0n) is 13.3. The SMILES string of the molecule is CC(C)CNCc1cccc(CN(C)Cc2cccs2)c1. The summed E-state index contributed by atoms with van der Waals surface area (Å²) in [6.07, 6.45) is 0. The van der Waals surface area contributed by atoms with Gasteiger partial charge >= 0.3 is 0 Å². The average Bonchev–Trinajstić information content (AvgIpc) is 2.91. The predicted octanol–water partition coefficient (Wildman–Crippen LogP) is 4.13. The lowest BCUT2D eigenvalue weighted by Gasteiger charge is -2.16. The number of hydrogen-bond donors (Lipinski definition) is 1. The zero-order chi connectivity index (χ0) is 15.1. The van der Waals surface area contributed by atoms with Crippen LogP contribution >= 0.6 is 11.3 Å². The van der Waals surface area contributed by atoms with E-state index in [-0.39, 0.29) is 0 Å². The molecule has 3 heteroatoms. The van der Waals surface area contributed by atoms with Crippen LogP contribution in [0.1, 0.15) is 29.9 Å². The molecule has 2 aromatic rings. The molecule has 0 aliphatic rings. The van der Waals surface area contributed by atoms with Gasteiger partial charge in [0.2, 0.25) is 0 Å². The fourth-order valence-electron chi connectivity index (χ4n) is 2.38. The van der Waals surface area contributed by atoms with Gasteiger partial charge in [0.15, 0.2) is 0 Å². The fourth-order valence-corrected chi connectivity index (χ4v) is 3.16. The molecule has 1 heterocycles. The van der Waals surface area contributed by atoms with Crippen molar-refractivity contribution in [3.05, 3.63) is 57.8 Å². The van der Waals surface area contributed by atoms with Gasteiger partial charge in [-0.2, -0.15) is 0 Å². The molecular weight excluding hydrogens is 276 g/mol. The molecule has 0 radical (unpaired) electrons. The molecule has 0 amide bonds. The third-order valence-electron chi connectivity index (χ3n) is 3.33. The Morgan fingerprint density at radius 3 is 2.62 bits per heavy atom. The number of benzene rings is 1. The maximum atomic E-state index is 3.51. The van der Waals surface area contributed by atoms with Crippen LogP contribution in [0.15, 0.2) is 41.8 Å². The molecule has 0 aliphatic carbocycles. The largest absolute Gasteiger partial charge is 0.312 e. The highest BCUT2D eigenvalue weighted by Gasteiger charge is 2.03. The molecule has 0 aliphatic heterocycles. The molecule has 0 atom stereocenters. The summed E-state index contributed by atoms with van der Waals surface area (Å²) in [6, 6.07) is 13.2. The first-order valence-corrected chi connectivity index (χ1v) is 8.51. The molecule has 21 heavy (non-hydrogen) atoms. The summed E-state index contributed by atoms with van der Waals surface area (Å²) in [5, 5.41) is 5.65. The highest BCUT2D eigenvalue weighted by atomic mass is 32.1. The van der Waals surface area contributed by atoms with Crippen molar-refractivity contribution >= 4 is 11.3 Å². The summed E-state index contributed by atoms with van der Waals surface area (Å²) in [6.45, 7) is 8.53. The van der Waals surface area contributed by atoms with Gasteiger partial charge in [0.25, 0.3) is 0 Å². The first-order valence-electron chi connectivity index (χ1n) is 7.63. The van der Waals surface area contributed by atoms with Crippen molar-refractivity contribution in [2.75, 3.05) is 13.6 Å². The van der Waals surface area contributed by atoms with Crippen LogP contribution < -0.4 is 5.32 Å². The van der Waals surface area contributed by atoms with Crippen molar-refractivity contribution in [3.63, 3.8) is 0 Å². The molecular formula is C18H26N2S. The summed E-state index contributed by atoms with van der Waals surface area (Å²) < 4.78 is 0. The van der Waals surface area contributed by atoms with Crippen LogP contribution in [0.3, 0.4) is 0 Å². The van der Waals surface area contributed by atoms with Crippen LogP contribution in [0.4, 0.5) is 0 Å². The molecule has 0 saturated heterocycles. The summed E-state index contributed by atoms with van der Waals surface area (Å²) in [5.74, 6) is 0.699. The summed E-state index contributed by atoms with van der Waals surface area (Å²) >= 11 is 1.83. The van der Waals surface area contributed by atoms with Crippen molar-refractivity contribution in [2.24, 2.45) is 5.92 Å². The van der Waals surface area contributed by atoms with E-state index >= 15 is 0 Å². The van der Waals surface area contributed by atoms with Crippen LogP contribution in [0, 0.1) is 5.92 Å². The van der Waals surface area contributed by atoms with Crippen LogP contribution in [-0.4, -0.2) is 18.5 Å². The summed E-state index contributed by atoms with van der Waals surface area (Å²) in [4.78, 5) is 3.79. The zero-order valence-corrected chi connectivity index (χ0v) is 14.1. The smallest absolute Gasteiger partial charge is 0.0328 e. The Labute approximate surface area is 132 Å². The second-order valence-electron chi connectivity index (χ2n) is 6.10. The van der Waals surface area contributed by atoms with Crippen LogP contribution in [0.5, 0.6) is 0 Å². The minimum Gasteiger partial charge on any atom is -0.312 e. The highest BCUT2D eigenvalue weighted by Crippen LogP contribution is 2.14. The Bertz CT molecular complexity index is 520. The van der Waals surface area contributed by atoms with Gasteiger partial charge in [-0.3, -0.25) is 4.90 Å². The van der Waals surface area contributed by atoms with Crippen molar-refractivity contribution < 1.29 is 0 Å². The van der Waals surface area contributed by atoms with Crippen molar-refractivity contribution in [2.45, 2.75) is 33.5 Å². The number of nitrogens with one attached hydrogen (secondary N) is 1. The van der Waals surface area contributed by atoms with E-state index in [0.29, 0.717) is 5.92 Å². The normalized spacial score (nSPS) is 11.5. The Hall–Kier alpha value is -1.16. The molecule has 1 N–H and O–H groups in total. The van der Waals surface area contributed by atoms with Gasteiger partial charge in [0, 0.05) is 24.5 Å². The summed E-state index contributed by atoms with van der Waals surface area (Å²) in [5.41, 5.74) is 2.76. The van der Waals surface area contributed by atoms with Crippen LogP contribution in [0.25, 0.3) is 0 Å². The molecule has 0 saturated carbocycles. The Morgan fingerprint density at radius 2 is 1.90 bits per heavy atom. The lowest BCUT2D eigenvalue weighted by molar-refractivity contribution is 0.322. The standard InChI is InChI=1S/C18H26N2S/c1-15(2)11-19-12-16-6-4-7-17(10-16)13-20(3)14-18-8-5-9-21-18/h4-10,15,19H,11-14H2,1-3H3. The number of nitrogens with zero attached hydrogens (tertiary/aromatic N) is 1. The van der Waals surface area contributed by atoms with E-state index in [1.807, 2.05) is 11.3 Å². The van der Waals surface area contributed by atoms with Gasteiger partial charge in [0.1, 0.15) is 0 Å². The van der Waals surface area contributed by atoms with E-state index < -0.39 is 0 Å². The van der Waals surface area contributed by atoms with Crippen LogP contribution in [0.2, 0.25) is 0 Å². The van der Waals surface area contributed by atoms with Gasteiger partial charge in [0.05, 0.1) is 0 Å². The van der Waals surface area contributed by atoms with Gasteiger partial charge in [-0.15, -0.1) is 11.3 Å². The molecule has 1 aromatic heterocycles. The number of rotatable bonds is 8. The monoisotopic (exact) mass is 302 g/mol. The van der Waals surface area contributed by atoms with Crippen LogP contribution in [-0.2, 0) is 19.6 Å². The topological polar surface area (TPSA) is 15.3 Å². The first kappa shape index (κ1) is 16.2. The van der Waals surface area contributed by atoms with E-state index in [1.54, 1.807) is 0 Å². The maximum Gasteiger partial charge on any atom is 0.0328 e. The van der Waals surface area contributed by atoms with Crippen molar-refractivity contribution in [1.29, 1.82) is 0 Å². The van der Waals surface area contributed by atoms with Gasteiger partial charge in [-0.05, 0) is 42.1 Å². The van der Waals surface area contributed by atoms with E-state index in [0.717, 1.165) is 26.2 Å². The molecule has 0 bridgehead atoms. The van der Waals surface area contributed by atoms with Gasteiger partial charge in [-0.25, -0.2) is 0 Å². The molecule has 2 rings (SSSR count). The minimum atomic E-state index is 0.699. The quantitative estimate of drug-likeness (QED) is 0.789. The third-order valence-corrected chi connectivity index (χ3v) is 4.19. The van der Waals surface area contributed by atoms with Crippen molar-refractivity contribution in [3.8, 4) is 0 Å². The fraction of sp³-hybridized carbons (Fsp3) is 0.444. The Kier molecular flexibility index (Phi) is 6.43. The second kappa shape index (κ2) is 8.32. The minimum absolute atomic E-state index is 0.699. The molecule has 0 spiro atoms. The number of thiophene rings is 1. The van der Waals surface area contributed by atoms with Gasteiger partial charge < -0.3 is 5.32 Å². The Balaban J connectivity index is 1.85. The second-order valence-corrected chi connectivity index (χ2v) is 7.13. The number of hydrogen-bond acceptors (Lipinski definition) is 3. The van der Waals surface area contributed by atoms with E-state index in [1.165, 1.54) is 16.0 Å².